The molecule has 0 amide bonds. The van der Waals surface area contributed by atoms with Crippen molar-refractivity contribution < 1.29 is 28.9 Å². The van der Waals surface area contributed by atoms with Crippen molar-refractivity contribution in [2.75, 3.05) is 88.5 Å². The number of benzene rings is 3. The lowest BCUT2D eigenvalue weighted by Gasteiger charge is -2.29. The summed E-state index contributed by atoms with van der Waals surface area (Å²) in [6.07, 6.45) is 0. The van der Waals surface area contributed by atoms with Crippen molar-refractivity contribution >= 4 is 62.7 Å². The number of carbonyl (C=O) groups excluding carboxylic acids is 1. The van der Waals surface area contributed by atoms with Crippen LogP contribution in [0, 0.1) is 0 Å². The zero-order valence-electron chi connectivity index (χ0n) is 26.9. The van der Waals surface area contributed by atoms with Crippen molar-refractivity contribution in [3.8, 4) is 0 Å². The van der Waals surface area contributed by atoms with Crippen LogP contribution in [0.15, 0.2) is 59.4 Å². The zero-order valence-corrected chi connectivity index (χ0v) is 27.7. The van der Waals surface area contributed by atoms with Crippen LogP contribution in [0.3, 0.4) is 0 Å². The third-order valence-corrected chi connectivity index (χ3v) is 7.99. The van der Waals surface area contributed by atoms with Crippen molar-refractivity contribution in [1.29, 1.82) is 0 Å². The van der Waals surface area contributed by atoms with Gasteiger partial charge in [-0.05, 0) is 48.0 Å². The summed E-state index contributed by atoms with van der Waals surface area (Å²) < 4.78 is 15.4. The Bertz CT molecular complexity index is 1910. The molecule has 0 radical (unpaired) electrons. The van der Waals surface area contributed by atoms with Gasteiger partial charge in [0.15, 0.2) is 0 Å². The van der Waals surface area contributed by atoms with Gasteiger partial charge in [0.2, 0.25) is 5.28 Å². The highest BCUT2D eigenvalue weighted by atomic mass is 35.5. The maximum atomic E-state index is 11.9. The topological polar surface area (TPSA) is 169 Å². The minimum absolute atomic E-state index is 0.0948. The predicted octanol–water partition coefficient (Wildman–Crippen LogP) is 3.98. The molecule has 0 spiro atoms. The fourth-order valence-corrected chi connectivity index (χ4v) is 5.55. The fraction of sp³-hybridized carbons (Fsp3) is 0.333. The number of ether oxygens (including phenoxy) is 3. The second kappa shape index (κ2) is 15.7. The van der Waals surface area contributed by atoms with Gasteiger partial charge in [0, 0.05) is 57.3 Å². The van der Waals surface area contributed by atoms with E-state index >= 15 is 0 Å². The largest absolute Gasteiger partial charge is 0.478 e. The molecule has 0 aliphatic carbocycles. The van der Waals surface area contributed by atoms with E-state index < -0.39 is 17.6 Å². The van der Waals surface area contributed by atoms with Gasteiger partial charge in [0.05, 0.1) is 61.2 Å². The molecular weight excluding hydrogens is 642 g/mol. The standard InChI is InChI=1S/C13H14ClN3O3.C12H13N3O4.C8H11N/c1-19-12(18)9-6-8(17-2-4-20-5-3-17)7-10-11(9)16-13(14)15-10;16-11(17)8-5-7(15-1-3-19-4-2-15)6-9-10(8)14-12(18)13-9;1-9(2)8-6-4-3-5-7-8/h6-7H,2-5H2,1H3,(H,15,16);5-6H,1-4H2,(H,16,17)(H2,13,14,18);3-7H,1-2H3. The number of halogens is 1. The smallest absolute Gasteiger partial charge is 0.340 e. The number of aromatic carboxylic acids is 1. The van der Waals surface area contributed by atoms with E-state index in [1.165, 1.54) is 12.8 Å². The summed E-state index contributed by atoms with van der Waals surface area (Å²) in [6.45, 7) is 5.57. The Balaban J connectivity index is 0.000000151. The van der Waals surface area contributed by atoms with Gasteiger partial charge in [-0.15, -0.1) is 0 Å². The highest BCUT2D eigenvalue weighted by Crippen LogP contribution is 2.28. The van der Waals surface area contributed by atoms with E-state index in [4.69, 9.17) is 25.8 Å². The van der Waals surface area contributed by atoms with E-state index in [0.717, 1.165) is 30.0 Å². The summed E-state index contributed by atoms with van der Waals surface area (Å²) in [6, 6.07) is 17.4. The number of aromatic nitrogens is 4. The van der Waals surface area contributed by atoms with Crippen LogP contribution in [0.4, 0.5) is 17.1 Å². The average Bonchev–Trinajstić information content (AvgIpc) is 3.69. The highest BCUT2D eigenvalue weighted by Gasteiger charge is 2.20. The molecule has 2 aliphatic heterocycles. The lowest BCUT2D eigenvalue weighted by molar-refractivity contribution is 0.0601. The number of aromatic amines is 3. The maximum absolute atomic E-state index is 11.9. The van der Waals surface area contributed by atoms with Crippen molar-refractivity contribution in [2.24, 2.45) is 0 Å². The van der Waals surface area contributed by atoms with Crippen LogP contribution in [0.25, 0.3) is 22.1 Å². The highest BCUT2D eigenvalue weighted by molar-refractivity contribution is 6.29. The molecule has 254 valence electrons. The molecule has 2 aromatic heterocycles. The van der Waals surface area contributed by atoms with Crippen LogP contribution in [-0.2, 0) is 14.2 Å². The molecule has 48 heavy (non-hydrogen) atoms. The lowest BCUT2D eigenvalue weighted by Crippen LogP contribution is -2.36. The number of esters is 1. The molecule has 4 N–H and O–H groups in total. The SMILES string of the molecule is CN(C)c1ccccc1.COC(=O)c1cc(N2CCOCC2)cc2[nH]c(Cl)nc12.O=C(O)c1cc(N2CCOCC2)cc2[nH]c(=O)[nH]c12. The van der Waals surface area contributed by atoms with Crippen molar-refractivity contribution in [3.63, 3.8) is 0 Å². The van der Waals surface area contributed by atoms with Crippen molar-refractivity contribution in [2.45, 2.75) is 0 Å². The first-order chi connectivity index (χ1) is 23.1. The number of carbonyl (C=O) groups is 2. The third kappa shape index (κ3) is 8.26. The molecule has 3 aromatic carbocycles. The van der Waals surface area contributed by atoms with Crippen LogP contribution in [-0.4, -0.2) is 111 Å². The van der Waals surface area contributed by atoms with Gasteiger partial charge >= 0.3 is 17.6 Å². The second-order valence-electron chi connectivity index (χ2n) is 11.1. The number of carboxylic acids is 1. The number of anilines is 3. The quantitative estimate of drug-likeness (QED) is 0.198. The molecule has 4 heterocycles. The van der Waals surface area contributed by atoms with E-state index in [9.17, 15) is 19.5 Å². The first-order valence-corrected chi connectivity index (χ1v) is 15.7. The van der Waals surface area contributed by atoms with Crippen LogP contribution in [0.1, 0.15) is 20.7 Å². The molecule has 7 rings (SSSR count). The van der Waals surface area contributed by atoms with Gasteiger partial charge in [-0.25, -0.2) is 19.4 Å². The van der Waals surface area contributed by atoms with Crippen molar-refractivity contribution in [1.82, 2.24) is 19.9 Å². The van der Waals surface area contributed by atoms with E-state index in [1.807, 2.05) is 43.3 Å². The van der Waals surface area contributed by atoms with Crippen LogP contribution < -0.4 is 20.4 Å². The summed E-state index contributed by atoms with van der Waals surface area (Å²) >= 11 is 5.89. The van der Waals surface area contributed by atoms with Gasteiger partial charge in [-0.1, -0.05) is 18.2 Å². The summed E-state index contributed by atoms with van der Waals surface area (Å²) in [5, 5.41) is 9.49. The Hall–Kier alpha value is -5.05. The van der Waals surface area contributed by atoms with Gasteiger partial charge in [-0.3, -0.25) is 0 Å². The normalized spacial score (nSPS) is 14.5. The Morgan fingerprint density at radius 3 is 1.94 bits per heavy atom. The number of nitrogens with one attached hydrogen (secondary N) is 3. The lowest BCUT2D eigenvalue weighted by atomic mass is 10.1. The Morgan fingerprint density at radius 2 is 1.42 bits per heavy atom. The fourth-order valence-electron chi connectivity index (χ4n) is 5.37. The number of carboxylic acid groups (broad SMARTS) is 1. The van der Waals surface area contributed by atoms with Gasteiger partial charge in [0.25, 0.3) is 0 Å². The minimum Gasteiger partial charge on any atom is -0.478 e. The number of fused-ring (bicyclic) bond motifs is 2. The summed E-state index contributed by atoms with van der Waals surface area (Å²) in [4.78, 5) is 53.0. The Labute approximate surface area is 281 Å². The molecule has 2 saturated heterocycles. The molecule has 0 unspecified atom stereocenters. The van der Waals surface area contributed by atoms with E-state index in [1.54, 1.807) is 18.2 Å². The number of hydrogen-bond acceptors (Lipinski definition) is 10. The van der Waals surface area contributed by atoms with E-state index in [-0.39, 0.29) is 10.8 Å². The number of morpholine rings is 2. The summed E-state index contributed by atoms with van der Waals surface area (Å²) in [5.74, 6) is -1.48. The third-order valence-electron chi connectivity index (χ3n) is 7.81. The first kappa shape index (κ1) is 34.3. The van der Waals surface area contributed by atoms with Crippen LogP contribution in [0.5, 0.6) is 0 Å². The average molecular weight is 680 g/mol. The predicted molar refractivity (Wildman–Crippen MR) is 185 cm³/mol. The molecule has 15 heteroatoms. The number of nitrogens with zero attached hydrogens (tertiary/aromatic N) is 4. The molecule has 0 saturated carbocycles. The Morgan fingerprint density at radius 1 is 0.854 bits per heavy atom. The second-order valence-corrected chi connectivity index (χ2v) is 11.5. The van der Waals surface area contributed by atoms with E-state index in [0.29, 0.717) is 61.6 Å². The molecule has 2 aliphatic rings. The maximum Gasteiger partial charge on any atom is 0.340 e. The summed E-state index contributed by atoms with van der Waals surface area (Å²) in [7, 11) is 5.43. The number of imidazole rings is 2. The number of rotatable bonds is 5. The molecule has 0 atom stereocenters. The van der Waals surface area contributed by atoms with Crippen LogP contribution in [0.2, 0.25) is 5.28 Å². The summed E-state index contributed by atoms with van der Waals surface area (Å²) in [5.41, 5.74) is 5.14. The number of para-hydroxylation sites is 1. The molecule has 0 bridgehead atoms. The zero-order chi connectivity index (χ0) is 34.2. The van der Waals surface area contributed by atoms with Gasteiger partial charge in [-0.2, -0.15) is 0 Å². The molecular formula is C33H38ClN7O7. The van der Waals surface area contributed by atoms with Crippen LogP contribution >= 0.6 is 11.6 Å². The van der Waals surface area contributed by atoms with Gasteiger partial charge in [0.1, 0.15) is 5.52 Å². The molecule has 2 fully saturated rings. The Kier molecular flexibility index (Phi) is 11.2. The monoisotopic (exact) mass is 679 g/mol. The molecule has 14 nitrogen and oxygen atoms in total. The van der Waals surface area contributed by atoms with Gasteiger partial charge < -0.3 is 49.0 Å². The van der Waals surface area contributed by atoms with E-state index in [2.05, 4.69) is 41.9 Å². The first-order valence-electron chi connectivity index (χ1n) is 15.3. The van der Waals surface area contributed by atoms with Crippen molar-refractivity contribution in [3.05, 3.63) is 81.5 Å². The molecule has 5 aromatic rings. The number of methoxy groups -OCH3 is 1. The minimum atomic E-state index is -1.06. The number of H-pyrrole nitrogens is 3. The number of hydrogen-bond donors (Lipinski definition) is 4.